The molecule has 0 spiro atoms. The highest BCUT2D eigenvalue weighted by molar-refractivity contribution is 5.42. The van der Waals surface area contributed by atoms with Gasteiger partial charge in [0.05, 0.1) is 7.11 Å². The molecule has 17 heavy (non-hydrogen) atoms. The van der Waals surface area contributed by atoms with Crippen LogP contribution in [0.3, 0.4) is 0 Å². The summed E-state index contributed by atoms with van der Waals surface area (Å²) in [6.07, 6.45) is 5.65. The summed E-state index contributed by atoms with van der Waals surface area (Å²) in [4.78, 5) is 6.51. The summed E-state index contributed by atoms with van der Waals surface area (Å²) in [5.41, 5.74) is 0. The number of methoxy groups -OCH3 is 1. The van der Waals surface area contributed by atoms with Gasteiger partial charge in [-0.1, -0.05) is 0 Å². The number of ether oxygens (including phenoxy) is 1. The van der Waals surface area contributed by atoms with E-state index in [2.05, 4.69) is 20.1 Å². The highest BCUT2D eigenvalue weighted by Gasteiger charge is 2.17. The van der Waals surface area contributed by atoms with Gasteiger partial charge in [-0.25, -0.2) is 0 Å². The van der Waals surface area contributed by atoms with E-state index in [0.717, 1.165) is 19.0 Å². The molecule has 2 aromatic heterocycles. The zero-order chi connectivity index (χ0) is 11.7. The first-order valence-electron chi connectivity index (χ1n) is 5.89. The third kappa shape index (κ3) is 1.79. The molecule has 3 rings (SSSR count). The molecule has 0 amide bonds. The highest BCUT2D eigenvalue weighted by Crippen LogP contribution is 2.19. The van der Waals surface area contributed by atoms with Gasteiger partial charge in [0.25, 0.3) is 5.78 Å². The van der Waals surface area contributed by atoms with Crippen LogP contribution in [0.2, 0.25) is 0 Å². The SMILES string of the molecule is COc1ccn2c(N3CCCCC3)nnc2n1. The number of piperidine rings is 1. The topological polar surface area (TPSA) is 55.6 Å². The predicted molar refractivity (Wildman–Crippen MR) is 63.4 cm³/mol. The number of rotatable bonds is 2. The summed E-state index contributed by atoms with van der Waals surface area (Å²) in [6.45, 7) is 2.10. The second-order valence-electron chi connectivity index (χ2n) is 4.19. The molecule has 0 radical (unpaired) electrons. The lowest BCUT2D eigenvalue weighted by atomic mass is 10.1. The lowest BCUT2D eigenvalue weighted by Crippen LogP contribution is -2.31. The third-order valence-electron chi connectivity index (χ3n) is 3.08. The molecular formula is C11H15N5O. The van der Waals surface area contributed by atoms with Crippen molar-refractivity contribution in [3.05, 3.63) is 12.3 Å². The molecule has 0 unspecified atom stereocenters. The summed E-state index contributed by atoms with van der Waals surface area (Å²) in [7, 11) is 1.60. The van der Waals surface area contributed by atoms with E-state index in [9.17, 15) is 0 Å². The maximum Gasteiger partial charge on any atom is 0.259 e. The molecule has 3 heterocycles. The summed E-state index contributed by atoms with van der Waals surface area (Å²) in [6, 6.07) is 1.82. The van der Waals surface area contributed by atoms with Crippen LogP contribution in [-0.4, -0.2) is 39.8 Å². The van der Waals surface area contributed by atoms with E-state index >= 15 is 0 Å². The Kier molecular flexibility index (Phi) is 2.55. The van der Waals surface area contributed by atoms with Gasteiger partial charge in [0, 0.05) is 25.4 Å². The van der Waals surface area contributed by atoms with Crippen LogP contribution >= 0.6 is 0 Å². The number of fused-ring (bicyclic) bond motifs is 1. The average Bonchev–Trinajstić information content (AvgIpc) is 2.82. The van der Waals surface area contributed by atoms with E-state index in [0.29, 0.717) is 11.7 Å². The van der Waals surface area contributed by atoms with Crippen LogP contribution < -0.4 is 9.64 Å². The van der Waals surface area contributed by atoms with Crippen LogP contribution in [0.15, 0.2) is 12.3 Å². The van der Waals surface area contributed by atoms with Crippen molar-refractivity contribution in [1.82, 2.24) is 19.6 Å². The van der Waals surface area contributed by atoms with Crippen LogP contribution in [0.5, 0.6) is 5.88 Å². The molecular weight excluding hydrogens is 218 g/mol. The zero-order valence-electron chi connectivity index (χ0n) is 9.83. The predicted octanol–water partition coefficient (Wildman–Crippen LogP) is 1.12. The summed E-state index contributed by atoms with van der Waals surface area (Å²) in [5.74, 6) is 2.04. The van der Waals surface area contributed by atoms with Crippen LogP contribution in [0, 0.1) is 0 Å². The van der Waals surface area contributed by atoms with Gasteiger partial charge in [0.1, 0.15) is 0 Å². The van der Waals surface area contributed by atoms with E-state index in [4.69, 9.17) is 4.74 Å². The molecule has 1 aliphatic rings. The quantitative estimate of drug-likeness (QED) is 0.778. The lowest BCUT2D eigenvalue weighted by Gasteiger charge is -2.26. The summed E-state index contributed by atoms with van der Waals surface area (Å²) < 4.78 is 6.98. The molecule has 0 saturated carbocycles. The fraction of sp³-hybridized carbons (Fsp3) is 0.545. The van der Waals surface area contributed by atoms with Crippen molar-refractivity contribution >= 4 is 11.7 Å². The van der Waals surface area contributed by atoms with Crippen molar-refractivity contribution in [3.8, 4) is 5.88 Å². The van der Waals surface area contributed by atoms with Gasteiger partial charge in [0.15, 0.2) is 0 Å². The Hall–Kier alpha value is -1.85. The van der Waals surface area contributed by atoms with Crippen molar-refractivity contribution in [1.29, 1.82) is 0 Å². The van der Waals surface area contributed by atoms with Crippen LogP contribution in [0.4, 0.5) is 5.95 Å². The van der Waals surface area contributed by atoms with Crippen molar-refractivity contribution in [3.63, 3.8) is 0 Å². The van der Waals surface area contributed by atoms with E-state index in [1.807, 2.05) is 16.7 Å². The molecule has 0 N–H and O–H groups in total. The van der Waals surface area contributed by atoms with Gasteiger partial charge in [-0.05, 0) is 19.3 Å². The Morgan fingerprint density at radius 1 is 1.18 bits per heavy atom. The van der Waals surface area contributed by atoms with Crippen molar-refractivity contribution in [2.24, 2.45) is 0 Å². The van der Waals surface area contributed by atoms with E-state index in [-0.39, 0.29) is 0 Å². The van der Waals surface area contributed by atoms with Crippen molar-refractivity contribution < 1.29 is 4.74 Å². The maximum atomic E-state index is 5.07. The van der Waals surface area contributed by atoms with Crippen molar-refractivity contribution in [2.75, 3.05) is 25.1 Å². The second-order valence-corrected chi connectivity index (χ2v) is 4.19. The number of anilines is 1. The van der Waals surface area contributed by atoms with Gasteiger partial charge < -0.3 is 9.64 Å². The molecule has 0 atom stereocenters. The molecule has 6 nitrogen and oxygen atoms in total. The highest BCUT2D eigenvalue weighted by atomic mass is 16.5. The maximum absolute atomic E-state index is 5.07. The molecule has 1 fully saturated rings. The fourth-order valence-corrected chi connectivity index (χ4v) is 2.18. The number of hydrogen-bond donors (Lipinski definition) is 0. The molecule has 0 bridgehead atoms. The second kappa shape index (κ2) is 4.20. The molecule has 2 aromatic rings. The van der Waals surface area contributed by atoms with E-state index in [1.54, 1.807) is 7.11 Å². The molecule has 90 valence electrons. The summed E-state index contributed by atoms with van der Waals surface area (Å²) >= 11 is 0. The zero-order valence-corrected chi connectivity index (χ0v) is 9.83. The van der Waals surface area contributed by atoms with Crippen LogP contribution in [0.25, 0.3) is 5.78 Å². The minimum atomic E-state index is 0.565. The van der Waals surface area contributed by atoms with Crippen molar-refractivity contribution in [2.45, 2.75) is 19.3 Å². The number of aromatic nitrogens is 4. The average molecular weight is 233 g/mol. The first-order chi connectivity index (χ1) is 8.38. The smallest absolute Gasteiger partial charge is 0.259 e. The molecule has 1 saturated heterocycles. The normalized spacial score (nSPS) is 16.4. The lowest BCUT2D eigenvalue weighted by molar-refractivity contribution is 0.398. The van der Waals surface area contributed by atoms with Crippen LogP contribution in [-0.2, 0) is 0 Å². The summed E-state index contributed by atoms with van der Waals surface area (Å²) in [5, 5.41) is 8.30. The Labute approximate surface area is 99.2 Å². The van der Waals surface area contributed by atoms with Gasteiger partial charge in [-0.2, -0.15) is 4.98 Å². The third-order valence-corrected chi connectivity index (χ3v) is 3.08. The minimum absolute atomic E-state index is 0.565. The van der Waals surface area contributed by atoms with Gasteiger partial charge in [-0.3, -0.25) is 4.40 Å². The van der Waals surface area contributed by atoms with Crippen LogP contribution in [0.1, 0.15) is 19.3 Å². The molecule has 0 aromatic carbocycles. The number of nitrogens with zero attached hydrogens (tertiary/aromatic N) is 5. The first kappa shape index (κ1) is 10.3. The van der Waals surface area contributed by atoms with Gasteiger partial charge in [0.2, 0.25) is 11.8 Å². The van der Waals surface area contributed by atoms with E-state index < -0.39 is 0 Å². The molecule has 6 heteroatoms. The Morgan fingerprint density at radius 3 is 2.76 bits per heavy atom. The standard InChI is InChI=1S/C11H15N5O/c1-17-9-5-8-16-10(12-9)13-14-11(16)15-6-3-2-4-7-15/h5,8H,2-4,6-7H2,1H3. The Morgan fingerprint density at radius 2 is 2.00 bits per heavy atom. The monoisotopic (exact) mass is 233 g/mol. The van der Waals surface area contributed by atoms with Gasteiger partial charge >= 0.3 is 0 Å². The molecule has 1 aliphatic heterocycles. The first-order valence-corrected chi connectivity index (χ1v) is 5.89. The Bertz CT molecular complexity index is 518. The largest absolute Gasteiger partial charge is 0.481 e. The number of hydrogen-bond acceptors (Lipinski definition) is 5. The molecule has 0 aliphatic carbocycles. The van der Waals surface area contributed by atoms with Gasteiger partial charge in [-0.15, -0.1) is 10.2 Å². The fourth-order valence-electron chi connectivity index (χ4n) is 2.18. The van der Waals surface area contributed by atoms with E-state index in [1.165, 1.54) is 19.3 Å². The Balaban J connectivity index is 1.99. The minimum Gasteiger partial charge on any atom is -0.481 e.